The molecule has 5 nitrogen and oxygen atoms in total. The molecule has 25 heavy (non-hydrogen) atoms. The van der Waals surface area contributed by atoms with E-state index in [4.69, 9.17) is 11.6 Å². The van der Waals surface area contributed by atoms with Gasteiger partial charge in [-0.25, -0.2) is 14.3 Å². The van der Waals surface area contributed by atoms with E-state index in [0.717, 1.165) is 46.5 Å². The normalized spacial score (nSPS) is 11.2. The average molecular weight is 358 g/mol. The van der Waals surface area contributed by atoms with Crippen LogP contribution in [0.2, 0.25) is 5.02 Å². The third-order valence-corrected chi connectivity index (χ3v) is 4.53. The van der Waals surface area contributed by atoms with Gasteiger partial charge >= 0.3 is 5.97 Å². The topological polar surface area (TPSA) is 67.5 Å². The molecule has 1 N–H and O–H groups in total. The van der Waals surface area contributed by atoms with Crippen LogP contribution in [0, 0.1) is 20.8 Å². The standard InChI is InChI=1S/C19H20ClN3O2/c1-5-6-14-9-15(19(24)25)21-18-17(12(4)22-23(14)18)16-10(2)7-13(20)8-11(16)3/h7-9H,5-6H2,1-4H3,(H,24,25). The van der Waals surface area contributed by atoms with Gasteiger partial charge in [0.2, 0.25) is 0 Å². The van der Waals surface area contributed by atoms with E-state index >= 15 is 0 Å². The van der Waals surface area contributed by atoms with Crippen molar-refractivity contribution in [2.75, 3.05) is 0 Å². The Kier molecular flexibility index (Phi) is 4.52. The molecule has 0 aliphatic rings. The van der Waals surface area contributed by atoms with Crippen LogP contribution in [0.1, 0.15) is 46.3 Å². The molecule has 2 aromatic heterocycles. The average Bonchev–Trinajstić information content (AvgIpc) is 2.83. The van der Waals surface area contributed by atoms with Gasteiger partial charge in [0.25, 0.3) is 0 Å². The minimum atomic E-state index is -1.03. The Morgan fingerprint density at radius 2 is 1.80 bits per heavy atom. The van der Waals surface area contributed by atoms with Crippen molar-refractivity contribution in [3.05, 3.63) is 51.4 Å². The molecule has 0 aliphatic heterocycles. The Bertz CT molecular complexity index is 969. The molecule has 3 aromatic rings. The van der Waals surface area contributed by atoms with E-state index in [-0.39, 0.29) is 5.69 Å². The molecular formula is C19H20ClN3O2. The molecule has 2 heterocycles. The number of benzene rings is 1. The number of carboxylic acid groups (broad SMARTS) is 1. The molecule has 0 bridgehead atoms. The Hall–Kier alpha value is -2.40. The second-order valence-electron chi connectivity index (χ2n) is 6.30. The van der Waals surface area contributed by atoms with Crippen LogP contribution in [0.15, 0.2) is 18.2 Å². The van der Waals surface area contributed by atoms with Gasteiger partial charge in [-0.1, -0.05) is 24.9 Å². The molecule has 3 rings (SSSR count). The van der Waals surface area contributed by atoms with Gasteiger partial charge in [-0.05, 0) is 62.1 Å². The largest absolute Gasteiger partial charge is 0.477 e. The molecule has 0 saturated carbocycles. The van der Waals surface area contributed by atoms with E-state index in [1.54, 1.807) is 10.6 Å². The van der Waals surface area contributed by atoms with Crippen LogP contribution in [-0.4, -0.2) is 25.7 Å². The lowest BCUT2D eigenvalue weighted by Crippen LogP contribution is -2.08. The van der Waals surface area contributed by atoms with Gasteiger partial charge in [0.15, 0.2) is 11.3 Å². The van der Waals surface area contributed by atoms with Gasteiger partial charge < -0.3 is 5.11 Å². The highest BCUT2D eigenvalue weighted by atomic mass is 35.5. The number of hydrogen-bond donors (Lipinski definition) is 1. The SMILES string of the molecule is CCCc1cc(C(=O)O)nc2c(-c3c(C)cc(Cl)cc3C)c(C)nn12. The predicted octanol–water partition coefficient (Wildman–Crippen LogP) is 4.63. The summed E-state index contributed by atoms with van der Waals surface area (Å²) in [4.78, 5) is 15.9. The third-order valence-electron chi connectivity index (χ3n) is 4.31. The number of nitrogens with zero attached hydrogens (tertiary/aromatic N) is 3. The Labute approximate surface area is 151 Å². The highest BCUT2D eigenvalue weighted by Crippen LogP contribution is 2.35. The number of halogens is 1. The Morgan fingerprint density at radius 3 is 2.36 bits per heavy atom. The first-order valence-corrected chi connectivity index (χ1v) is 8.61. The lowest BCUT2D eigenvalue weighted by atomic mass is 9.96. The molecule has 0 spiro atoms. The van der Waals surface area contributed by atoms with Gasteiger partial charge in [-0.3, -0.25) is 0 Å². The van der Waals surface area contributed by atoms with Crippen LogP contribution in [-0.2, 0) is 6.42 Å². The lowest BCUT2D eigenvalue weighted by molar-refractivity contribution is 0.0690. The summed E-state index contributed by atoms with van der Waals surface area (Å²) in [6, 6.07) is 5.41. The van der Waals surface area contributed by atoms with Gasteiger partial charge in [0.05, 0.1) is 11.3 Å². The van der Waals surface area contributed by atoms with E-state index in [9.17, 15) is 9.90 Å². The van der Waals surface area contributed by atoms with Crippen molar-refractivity contribution in [1.82, 2.24) is 14.6 Å². The molecule has 1 aromatic carbocycles. The molecule has 0 atom stereocenters. The maximum Gasteiger partial charge on any atom is 0.354 e. The van der Waals surface area contributed by atoms with Crippen molar-refractivity contribution in [2.45, 2.75) is 40.5 Å². The fourth-order valence-corrected chi connectivity index (χ4v) is 3.65. The number of aryl methyl sites for hydroxylation is 4. The van der Waals surface area contributed by atoms with E-state index < -0.39 is 5.97 Å². The fourth-order valence-electron chi connectivity index (χ4n) is 3.33. The van der Waals surface area contributed by atoms with Crippen LogP contribution in [0.25, 0.3) is 16.8 Å². The van der Waals surface area contributed by atoms with Crippen LogP contribution >= 0.6 is 11.6 Å². The van der Waals surface area contributed by atoms with E-state index in [0.29, 0.717) is 10.7 Å². The van der Waals surface area contributed by atoms with Crippen molar-refractivity contribution in [3.63, 3.8) is 0 Å². The molecule has 6 heteroatoms. The predicted molar refractivity (Wildman–Crippen MR) is 98.6 cm³/mol. The summed E-state index contributed by atoms with van der Waals surface area (Å²) in [5, 5.41) is 14.8. The quantitative estimate of drug-likeness (QED) is 0.739. The van der Waals surface area contributed by atoms with Gasteiger partial charge in [-0.15, -0.1) is 0 Å². The summed E-state index contributed by atoms with van der Waals surface area (Å²) in [5.74, 6) is -1.03. The number of carboxylic acids is 1. The Balaban J connectivity index is 2.40. The molecule has 0 amide bonds. The fraction of sp³-hybridized carbons (Fsp3) is 0.316. The highest BCUT2D eigenvalue weighted by Gasteiger charge is 2.21. The monoisotopic (exact) mass is 357 g/mol. The second-order valence-corrected chi connectivity index (χ2v) is 6.73. The van der Waals surface area contributed by atoms with Gasteiger partial charge in [0.1, 0.15) is 0 Å². The maximum atomic E-state index is 11.5. The lowest BCUT2D eigenvalue weighted by Gasteiger charge is -2.11. The molecule has 0 aliphatic carbocycles. The van der Waals surface area contributed by atoms with Crippen molar-refractivity contribution in [3.8, 4) is 11.1 Å². The van der Waals surface area contributed by atoms with Gasteiger partial charge in [0, 0.05) is 10.7 Å². The summed E-state index contributed by atoms with van der Waals surface area (Å²) in [7, 11) is 0. The minimum absolute atomic E-state index is 0.0429. The Morgan fingerprint density at radius 1 is 1.16 bits per heavy atom. The molecule has 0 radical (unpaired) electrons. The van der Waals surface area contributed by atoms with Crippen molar-refractivity contribution in [2.24, 2.45) is 0 Å². The van der Waals surface area contributed by atoms with Crippen LogP contribution in [0.3, 0.4) is 0 Å². The summed E-state index contributed by atoms with van der Waals surface area (Å²) in [6.45, 7) is 7.96. The second kappa shape index (κ2) is 6.48. The summed E-state index contributed by atoms with van der Waals surface area (Å²) < 4.78 is 1.77. The van der Waals surface area contributed by atoms with Crippen LogP contribution in [0.5, 0.6) is 0 Å². The summed E-state index contributed by atoms with van der Waals surface area (Å²) >= 11 is 6.16. The van der Waals surface area contributed by atoms with E-state index in [1.165, 1.54) is 0 Å². The first kappa shape index (κ1) is 17.4. The first-order valence-electron chi connectivity index (χ1n) is 8.23. The zero-order valence-electron chi connectivity index (χ0n) is 14.7. The maximum absolute atomic E-state index is 11.5. The summed E-state index contributed by atoms with van der Waals surface area (Å²) in [6.07, 6.45) is 1.63. The van der Waals surface area contributed by atoms with Crippen molar-refractivity contribution >= 4 is 23.2 Å². The number of hydrogen-bond acceptors (Lipinski definition) is 3. The first-order chi connectivity index (χ1) is 11.8. The molecule has 0 fully saturated rings. The number of fused-ring (bicyclic) bond motifs is 1. The number of carbonyl (C=O) groups is 1. The highest BCUT2D eigenvalue weighted by molar-refractivity contribution is 6.30. The smallest absolute Gasteiger partial charge is 0.354 e. The third kappa shape index (κ3) is 3.00. The molecule has 0 saturated heterocycles. The van der Waals surface area contributed by atoms with Gasteiger partial charge in [-0.2, -0.15) is 5.10 Å². The van der Waals surface area contributed by atoms with Crippen LogP contribution in [0.4, 0.5) is 0 Å². The molecule has 0 unspecified atom stereocenters. The van der Waals surface area contributed by atoms with E-state index in [2.05, 4.69) is 17.0 Å². The zero-order valence-corrected chi connectivity index (χ0v) is 15.5. The van der Waals surface area contributed by atoms with Crippen molar-refractivity contribution in [1.29, 1.82) is 0 Å². The van der Waals surface area contributed by atoms with E-state index in [1.807, 2.05) is 32.9 Å². The molecular weight excluding hydrogens is 338 g/mol. The zero-order chi connectivity index (χ0) is 18.3. The van der Waals surface area contributed by atoms with Crippen LogP contribution < -0.4 is 0 Å². The summed E-state index contributed by atoms with van der Waals surface area (Å²) in [5.41, 5.74) is 6.20. The number of aromatic carboxylic acids is 1. The number of aromatic nitrogens is 3. The molecule has 130 valence electrons. The minimum Gasteiger partial charge on any atom is -0.477 e. The number of rotatable bonds is 4. The van der Waals surface area contributed by atoms with Crippen molar-refractivity contribution < 1.29 is 9.90 Å².